The summed E-state index contributed by atoms with van der Waals surface area (Å²) < 4.78 is 7.56. The zero-order chi connectivity index (χ0) is 25.2. The first-order valence-electron chi connectivity index (χ1n) is 11.1. The number of para-hydroxylation sites is 2. The number of fused-ring (bicyclic) bond motifs is 2. The monoisotopic (exact) mass is 480 g/mol. The fraction of sp³-hybridized carbons (Fsp3) is 0.0741. The number of nitrogens with one attached hydrogen (secondary N) is 1. The molecule has 9 nitrogen and oxygen atoms in total. The van der Waals surface area contributed by atoms with Crippen LogP contribution in [-0.4, -0.2) is 21.6 Å². The maximum Gasteiger partial charge on any atom is 0.269 e. The average Bonchev–Trinajstić information content (AvgIpc) is 3.35. The van der Waals surface area contributed by atoms with E-state index in [-0.39, 0.29) is 23.6 Å². The molecule has 0 aliphatic carbocycles. The van der Waals surface area contributed by atoms with Gasteiger partial charge in [-0.05, 0) is 55.0 Å². The number of carbonyl (C=O) groups is 1. The number of hydrogen-bond acceptors (Lipinski definition) is 6. The van der Waals surface area contributed by atoms with Crippen LogP contribution in [0.2, 0.25) is 0 Å². The van der Waals surface area contributed by atoms with Gasteiger partial charge >= 0.3 is 0 Å². The first-order chi connectivity index (χ1) is 17.4. The Morgan fingerprint density at radius 3 is 2.33 bits per heavy atom. The van der Waals surface area contributed by atoms with E-state index in [1.165, 1.54) is 18.3 Å². The molecule has 0 aliphatic heterocycles. The highest BCUT2D eigenvalue weighted by Crippen LogP contribution is 2.28. The van der Waals surface area contributed by atoms with Crippen LogP contribution in [0.25, 0.3) is 33.1 Å². The number of aryl methyl sites for hydroxylation is 1. The van der Waals surface area contributed by atoms with Crippen molar-refractivity contribution in [3.8, 4) is 11.3 Å². The standard InChI is InChI=1S/C27H20N4O5/c1-17-14-18(31(34)35)10-12-20(17)25-13-11-19(36-25)15-28-29-26(32)16-30-23-8-4-2-6-21(23)27(33)22-7-3-5-9-24(22)30/h2-15H,16H2,1H3,(H,29,32)/b28-15-. The van der Waals surface area contributed by atoms with Crippen molar-refractivity contribution in [1.82, 2.24) is 9.99 Å². The number of hydrogen-bond donors (Lipinski definition) is 1. The number of pyridine rings is 1. The lowest BCUT2D eigenvalue weighted by molar-refractivity contribution is -0.384. The predicted molar refractivity (Wildman–Crippen MR) is 137 cm³/mol. The molecular weight excluding hydrogens is 460 g/mol. The zero-order valence-electron chi connectivity index (χ0n) is 19.2. The summed E-state index contributed by atoms with van der Waals surface area (Å²) in [5, 5.41) is 16.0. The largest absolute Gasteiger partial charge is 0.455 e. The lowest BCUT2D eigenvalue weighted by atomic mass is 10.1. The van der Waals surface area contributed by atoms with Crippen molar-refractivity contribution in [1.29, 1.82) is 0 Å². The fourth-order valence-electron chi connectivity index (χ4n) is 4.20. The van der Waals surface area contributed by atoms with Gasteiger partial charge in [-0.25, -0.2) is 5.43 Å². The first-order valence-corrected chi connectivity index (χ1v) is 11.1. The molecule has 0 saturated heterocycles. The highest BCUT2D eigenvalue weighted by molar-refractivity contribution is 5.95. The fourth-order valence-corrected chi connectivity index (χ4v) is 4.20. The van der Waals surface area contributed by atoms with Gasteiger partial charge in [-0.15, -0.1) is 0 Å². The van der Waals surface area contributed by atoms with E-state index in [0.29, 0.717) is 38.9 Å². The van der Waals surface area contributed by atoms with Crippen molar-refractivity contribution in [3.63, 3.8) is 0 Å². The van der Waals surface area contributed by atoms with Gasteiger partial charge in [0.1, 0.15) is 18.1 Å². The third-order valence-electron chi connectivity index (χ3n) is 5.87. The van der Waals surface area contributed by atoms with Gasteiger partial charge in [0.25, 0.3) is 11.6 Å². The van der Waals surface area contributed by atoms with Crippen molar-refractivity contribution >= 4 is 39.6 Å². The van der Waals surface area contributed by atoms with Gasteiger partial charge in [0.05, 0.1) is 22.2 Å². The molecule has 0 fully saturated rings. The molecule has 1 N–H and O–H groups in total. The van der Waals surface area contributed by atoms with Crippen LogP contribution < -0.4 is 10.9 Å². The third kappa shape index (κ3) is 4.25. The zero-order valence-corrected chi connectivity index (χ0v) is 19.2. The predicted octanol–water partition coefficient (Wildman–Crippen LogP) is 4.78. The van der Waals surface area contributed by atoms with Crippen LogP contribution in [-0.2, 0) is 11.3 Å². The van der Waals surface area contributed by atoms with E-state index < -0.39 is 4.92 Å². The van der Waals surface area contributed by atoms with Gasteiger partial charge in [0.15, 0.2) is 5.43 Å². The Bertz CT molecular complexity index is 1670. The van der Waals surface area contributed by atoms with Gasteiger partial charge in [-0.3, -0.25) is 19.7 Å². The second-order valence-electron chi connectivity index (χ2n) is 8.20. The van der Waals surface area contributed by atoms with Crippen LogP contribution in [0.5, 0.6) is 0 Å². The molecule has 5 rings (SSSR count). The molecule has 0 spiro atoms. The topological polar surface area (TPSA) is 120 Å². The first kappa shape index (κ1) is 22.7. The molecule has 178 valence electrons. The van der Waals surface area contributed by atoms with Crippen molar-refractivity contribution in [3.05, 3.63) is 111 Å². The highest BCUT2D eigenvalue weighted by atomic mass is 16.6. The van der Waals surface area contributed by atoms with Gasteiger partial charge in [0.2, 0.25) is 0 Å². The average molecular weight is 480 g/mol. The minimum absolute atomic E-state index is 0.00984. The van der Waals surface area contributed by atoms with E-state index in [2.05, 4.69) is 10.5 Å². The maximum absolute atomic E-state index is 12.8. The van der Waals surface area contributed by atoms with Crippen LogP contribution in [0.4, 0.5) is 5.69 Å². The maximum atomic E-state index is 12.8. The lowest BCUT2D eigenvalue weighted by Gasteiger charge is -2.14. The number of aromatic nitrogens is 1. The Labute approximate surface area is 204 Å². The molecular formula is C27H20N4O5. The van der Waals surface area contributed by atoms with Gasteiger partial charge < -0.3 is 8.98 Å². The summed E-state index contributed by atoms with van der Waals surface area (Å²) in [6.07, 6.45) is 1.38. The molecule has 0 unspecified atom stereocenters. The molecule has 2 aromatic heterocycles. The molecule has 0 saturated carbocycles. The molecule has 36 heavy (non-hydrogen) atoms. The SMILES string of the molecule is Cc1cc([N+](=O)[O-])ccc1-c1ccc(/C=N\NC(=O)Cn2c3ccccc3c(=O)c3ccccc32)o1. The molecule has 0 aliphatic rings. The summed E-state index contributed by atoms with van der Waals surface area (Å²) >= 11 is 0. The Morgan fingerprint density at radius 2 is 1.69 bits per heavy atom. The molecule has 5 aromatic rings. The number of furan rings is 1. The van der Waals surface area contributed by atoms with Crippen LogP contribution in [0.1, 0.15) is 11.3 Å². The Hall–Kier alpha value is -5.05. The minimum atomic E-state index is -0.446. The smallest absolute Gasteiger partial charge is 0.269 e. The molecule has 9 heteroatoms. The van der Waals surface area contributed by atoms with Crippen LogP contribution in [0.3, 0.4) is 0 Å². The summed E-state index contributed by atoms with van der Waals surface area (Å²) in [5.74, 6) is 0.562. The summed E-state index contributed by atoms with van der Waals surface area (Å²) in [6, 6.07) is 22.3. The lowest BCUT2D eigenvalue weighted by Crippen LogP contribution is -2.25. The molecule has 3 aromatic carbocycles. The molecule has 2 heterocycles. The van der Waals surface area contributed by atoms with E-state index in [4.69, 9.17) is 4.42 Å². The molecule has 1 amide bonds. The van der Waals surface area contributed by atoms with E-state index in [9.17, 15) is 19.7 Å². The highest BCUT2D eigenvalue weighted by Gasteiger charge is 2.14. The Morgan fingerprint density at radius 1 is 1.03 bits per heavy atom. The van der Waals surface area contributed by atoms with Crippen LogP contribution in [0.15, 0.2) is 93.2 Å². The number of amides is 1. The number of benzene rings is 3. The number of hydrazone groups is 1. The number of nitro groups is 1. The Kier molecular flexibility index (Phi) is 5.87. The number of non-ortho nitro benzene ring substituents is 1. The van der Waals surface area contributed by atoms with Crippen molar-refractivity contribution in [2.24, 2.45) is 5.10 Å². The van der Waals surface area contributed by atoms with E-state index >= 15 is 0 Å². The van der Waals surface area contributed by atoms with Gasteiger partial charge in [-0.1, -0.05) is 24.3 Å². The van der Waals surface area contributed by atoms with E-state index in [0.717, 1.165) is 5.56 Å². The van der Waals surface area contributed by atoms with E-state index in [1.54, 1.807) is 54.0 Å². The van der Waals surface area contributed by atoms with E-state index in [1.807, 2.05) is 24.3 Å². The number of carbonyl (C=O) groups excluding carboxylic acids is 1. The van der Waals surface area contributed by atoms with Crippen LogP contribution >= 0.6 is 0 Å². The van der Waals surface area contributed by atoms with Crippen molar-refractivity contribution < 1.29 is 14.1 Å². The summed E-state index contributed by atoms with van der Waals surface area (Å²) in [4.78, 5) is 36.1. The summed E-state index contributed by atoms with van der Waals surface area (Å²) in [7, 11) is 0. The van der Waals surface area contributed by atoms with Gasteiger partial charge in [0, 0.05) is 28.5 Å². The van der Waals surface area contributed by atoms with Crippen LogP contribution in [0, 0.1) is 17.0 Å². The quantitative estimate of drug-likeness (QED) is 0.162. The van der Waals surface area contributed by atoms with Crippen molar-refractivity contribution in [2.75, 3.05) is 0 Å². The second kappa shape index (κ2) is 9.30. The Balaban J connectivity index is 1.34. The van der Waals surface area contributed by atoms with Crippen molar-refractivity contribution in [2.45, 2.75) is 13.5 Å². The molecule has 0 bridgehead atoms. The normalized spacial score (nSPS) is 11.4. The molecule has 0 radical (unpaired) electrons. The summed E-state index contributed by atoms with van der Waals surface area (Å²) in [5.41, 5.74) is 5.19. The summed E-state index contributed by atoms with van der Waals surface area (Å²) in [6.45, 7) is 1.73. The number of rotatable bonds is 6. The second-order valence-corrected chi connectivity index (χ2v) is 8.20. The number of nitro benzene ring substituents is 1. The molecule has 0 atom stereocenters. The third-order valence-corrected chi connectivity index (χ3v) is 5.87. The minimum Gasteiger partial charge on any atom is -0.455 e. The number of nitrogens with zero attached hydrogens (tertiary/aromatic N) is 3. The van der Waals surface area contributed by atoms with Gasteiger partial charge in [-0.2, -0.15) is 5.10 Å².